The second-order valence-corrected chi connectivity index (χ2v) is 9.06. The molecule has 1 amide bonds. The molecule has 3 aromatic rings. The molecule has 0 bridgehead atoms. The molecule has 0 saturated carbocycles. The van der Waals surface area contributed by atoms with Gasteiger partial charge in [0.05, 0.1) is 0 Å². The average molecular weight is 394 g/mol. The largest absolute Gasteiger partial charge is 0.320 e. The molecule has 9 heteroatoms. The van der Waals surface area contributed by atoms with Gasteiger partial charge in [-0.15, -0.1) is 22.7 Å². The number of thiazole rings is 1. The van der Waals surface area contributed by atoms with Crippen LogP contribution in [0.3, 0.4) is 0 Å². The third-order valence-corrected chi connectivity index (χ3v) is 6.98. The van der Waals surface area contributed by atoms with Crippen molar-refractivity contribution in [3.63, 3.8) is 0 Å². The molecule has 25 heavy (non-hydrogen) atoms. The molecule has 2 heterocycles. The first kappa shape index (κ1) is 17.6. The van der Waals surface area contributed by atoms with Crippen molar-refractivity contribution < 1.29 is 13.2 Å². The molecule has 3 rings (SSSR count). The highest BCUT2D eigenvalue weighted by atomic mass is 32.2. The number of hydrogen-bond donors (Lipinski definition) is 2. The van der Waals surface area contributed by atoms with Crippen LogP contribution < -0.4 is 10.0 Å². The standard InChI is InChI=1S/C16H15N3O3S3/c1-10-5-6-11(2)12(8-10)17-15(20)13-9-24-16(18-13)19-25(21,22)14-4-3-7-23-14/h3-9H,1-2H3,(H,17,20)(H,18,19). The Kier molecular flexibility index (Phi) is 4.89. The van der Waals surface area contributed by atoms with E-state index in [1.807, 2.05) is 32.0 Å². The van der Waals surface area contributed by atoms with Gasteiger partial charge in [0.1, 0.15) is 9.90 Å². The zero-order valence-electron chi connectivity index (χ0n) is 13.4. The van der Waals surface area contributed by atoms with Crippen molar-refractivity contribution >= 4 is 49.4 Å². The van der Waals surface area contributed by atoms with Gasteiger partial charge >= 0.3 is 0 Å². The molecule has 0 fully saturated rings. The van der Waals surface area contributed by atoms with Gasteiger partial charge < -0.3 is 5.32 Å². The Bertz CT molecular complexity index is 1010. The van der Waals surface area contributed by atoms with Gasteiger partial charge in [-0.1, -0.05) is 18.2 Å². The van der Waals surface area contributed by atoms with Gasteiger partial charge in [-0.25, -0.2) is 13.4 Å². The summed E-state index contributed by atoms with van der Waals surface area (Å²) in [6, 6.07) is 8.93. The molecule has 0 atom stereocenters. The molecule has 2 aromatic heterocycles. The summed E-state index contributed by atoms with van der Waals surface area (Å²) in [5, 5.41) is 6.15. The molecule has 130 valence electrons. The Hall–Kier alpha value is -2.23. The van der Waals surface area contributed by atoms with Gasteiger partial charge in [0.15, 0.2) is 5.13 Å². The monoisotopic (exact) mass is 393 g/mol. The second-order valence-electron chi connectivity index (χ2n) is 5.35. The second kappa shape index (κ2) is 6.95. The summed E-state index contributed by atoms with van der Waals surface area (Å²) in [5.41, 5.74) is 2.84. The number of rotatable bonds is 5. The summed E-state index contributed by atoms with van der Waals surface area (Å²) in [6.07, 6.45) is 0. The van der Waals surface area contributed by atoms with Crippen LogP contribution in [0.2, 0.25) is 0 Å². The fourth-order valence-corrected chi connectivity index (χ4v) is 5.00. The lowest BCUT2D eigenvalue weighted by molar-refractivity contribution is 0.102. The van der Waals surface area contributed by atoms with Crippen molar-refractivity contribution in [2.24, 2.45) is 0 Å². The number of anilines is 2. The van der Waals surface area contributed by atoms with E-state index in [4.69, 9.17) is 0 Å². The highest BCUT2D eigenvalue weighted by Crippen LogP contribution is 2.24. The number of aryl methyl sites for hydroxylation is 2. The van der Waals surface area contributed by atoms with E-state index >= 15 is 0 Å². The van der Waals surface area contributed by atoms with Gasteiger partial charge in [0, 0.05) is 11.1 Å². The van der Waals surface area contributed by atoms with E-state index in [9.17, 15) is 13.2 Å². The molecular formula is C16H15N3O3S3. The van der Waals surface area contributed by atoms with Crippen molar-refractivity contribution in [1.29, 1.82) is 0 Å². The smallest absolute Gasteiger partial charge is 0.275 e. The summed E-state index contributed by atoms with van der Waals surface area (Å²) in [5.74, 6) is -0.383. The zero-order valence-corrected chi connectivity index (χ0v) is 15.9. The Morgan fingerprint density at radius 2 is 1.96 bits per heavy atom. The Labute approximate surface area is 153 Å². The molecule has 0 spiro atoms. The SMILES string of the molecule is Cc1ccc(C)c(NC(=O)c2csc(NS(=O)(=O)c3cccs3)n2)c1. The summed E-state index contributed by atoms with van der Waals surface area (Å²) in [4.78, 5) is 16.4. The first-order chi connectivity index (χ1) is 11.8. The maximum absolute atomic E-state index is 12.3. The highest BCUT2D eigenvalue weighted by Gasteiger charge is 2.19. The maximum Gasteiger partial charge on any atom is 0.275 e. The van der Waals surface area contributed by atoms with E-state index in [0.717, 1.165) is 33.8 Å². The summed E-state index contributed by atoms with van der Waals surface area (Å²) in [6.45, 7) is 3.84. The minimum absolute atomic E-state index is 0.152. The fourth-order valence-electron chi connectivity index (χ4n) is 2.06. The topological polar surface area (TPSA) is 88.2 Å². The number of nitrogens with one attached hydrogen (secondary N) is 2. The molecule has 0 aliphatic carbocycles. The van der Waals surface area contributed by atoms with Crippen LogP contribution in [0.25, 0.3) is 0 Å². The van der Waals surface area contributed by atoms with Crippen LogP contribution >= 0.6 is 22.7 Å². The number of nitrogens with zero attached hydrogens (tertiary/aromatic N) is 1. The van der Waals surface area contributed by atoms with Crippen molar-refractivity contribution in [2.45, 2.75) is 18.1 Å². The predicted octanol–water partition coefficient (Wildman–Crippen LogP) is 3.87. The Morgan fingerprint density at radius 3 is 2.68 bits per heavy atom. The Morgan fingerprint density at radius 1 is 1.16 bits per heavy atom. The number of carbonyl (C=O) groups excluding carboxylic acids is 1. The van der Waals surface area contributed by atoms with E-state index in [2.05, 4.69) is 15.0 Å². The average Bonchev–Trinajstić information content (AvgIpc) is 3.22. The third-order valence-electron chi connectivity index (χ3n) is 3.36. The van der Waals surface area contributed by atoms with E-state index in [1.165, 1.54) is 11.4 Å². The van der Waals surface area contributed by atoms with Crippen LogP contribution in [0.4, 0.5) is 10.8 Å². The normalized spacial score (nSPS) is 11.3. The van der Waals surface area contributed by atoms with Crippen molar-refractivity contribution in [2.75, 3.05) is 10.0 Å². The maximum atomic E-state index is 12.3. The molecule has 0 aliphatic rings. The van der Waals surface area contributed by atoms with E-state index in [-0.39, 0.29) is 20.9 Å². The quantitative estimate of drug-likeness (QED) is 0.689. The molecule has 2 N–H and O–H groups in total. The zero-order chi connectivity index (χ0) is 18.0. The van der Waals surface area contributed by atoms with Crippen LogP contribution in [-0.4, -0.2) is 19.3 Å². The highest BCUT2D eigenvalue weighted by molar-refractivity contribution is 7.94. The first-order valence-corrected chi connectivity index (χ1v) is 10.5. The summed E-state index contributed by atoms with van der Waals surface area (Å²) in [7, 11) is -3.67. The molecule has 1 aromatic carbocycles. The van der Waals surface area contributed by atoms with Crippen molar-refractivity contribution in [3.05, 3.63) is 57.9 Å². The summed E-state index contributed by atoms with van der Waals surface area (Å²) >= 11 is 2.18. The third kappa shape index (κ3) is 4.06. The van der Waals surface area contributed by atoms with Crippen molar-refractivity contribution in [1.82, 2.24) is 4.98 Å². The predicted molar refractivity (Wildman–Crippen MR) is 101 cm³/mol. The minimum atomic E-state index is -3.67. The number of hydrogen-bond acceptors (Lipinski definition) is 6. The first-order valence-electron chi connectivity index (χ1n) is 7.25. The lowest BCUT2D eigenvalue weighted by Crippen LogP contribution is -2.14. The van der Waals surface area contributed by atoms with E-state index in [0.29, 0.717) is 5.69 Å². The summed E-state index contributed by atoms with van der Waals surface area (Å²) < 4.78 is 26.9. The number of aromatic nitrogens is 1. The van der Waals surface area contributed by atoms with Gasteiger partial charge in [-0.2, -0.15) is 0 Å². The molecule has 0 radical (unpaired) electrons. The van der Waals surface area contributed by atoms with Crippen LogP contribution in [0, 0.1) is 13.8 Å². The fraction of sp³-hybridized carbons (Fsp3) is 0.125. The number of thiophene rings is 1. The number of benzene rings is 1. The van der Waals surface area contributed by atoms with E-state index in [1.54, 1.807) is 11.4 Å². The van der Waals surface area contributed by atoms with Gasteiger partial charge in [0.25, 0.3) is 15.9 Å². The van der Waals surface area contributed by atoms with Crippen LogP contribution in [0.15, 0.2) is 45.3 Å². The number of carbonyl (C=O) groups is 1. The molecule has 0 unspecified atom stereocenters. The van der Waals surface area contributed by atoms with E-state index < -0.39 is 10.0 Å². The van der Waals surface area contributed by atoms with Crippen LogP contribution in [0.1, 0.15) is 21.6 Å². The van der Waals surface area contributed by atoms with Gasteiger partial charge in [-0.05, 0) is 42.5 Å². The lowest BCUT2D eigenvalue weighted by atomic mass is 10.1. The molecular weight excluding hydrogens is 378 g/mol. The van der Waals surface area contributed by atoms with Crippen LogP contribution in [0.5, 0.6) is 0 Å². The van der Waals surface area contributed by atoms with Crippen molar-refractivity contribution in [3.8, 4) is 0 Å². The van der Waals surface area contributed by atoms with Gasteiger partial charge in [0.2, 0.25) is 0 Å². The Balaban J connectivity index is 1.75. The van der Waals surface area contributed by atoms with Crippen LogP contribution in [-0.2, 0) is 10.0 Å². The molecule has 6 nitrogen and oxygen atoms in total. The minimum Gasteiger partial charge on any atom is -0.320 e. The lowest BCUT2D eigenvalue weighted by Gasteiger charge is -2.08. The van der Waals surface area contributed by atoms with Gasteiger partial charge in [-0.3, -0.25) is 9.52 Å². The number of amides is 1. The molecule has 0 aliphatic heterocycles. The number of sulfonamides is 1. The molecule has 0 saturated heterocycles.